The monoisotopic (exact) mass is 276 g/mol. The number of amidine groups is 1. The van der Waals surface area contributed by atoms with E-state index in [2.05, 4.69) is 10.3 Å². The summed E-state index contributed by atoms with van der Waals surface area (Å²) in [7, 11) is 0. The number of alkyl halides is 1. The fourth-order valence-electron chi connectivity index (χ4n) is 1.97. The lowest BCUT2D eigenvalue weighted by atomic mass is 10.1. The van der Waals surface area contributed by atoms with Crippen LogP contribution < -0.4 is 5.32 Å². The number of hydrogen-bond acceptors (Lipinski definition) is 5. The van der Waals surface area contributed by atoms with Gasteiger partial charge < -0.3 is 14.8 Å². The standard InChI is InChI=1S/C11H17FN2O3S/c1-7(15)16-6-8-2-3-9-10(17-8)18-11(14-9)13-5-4-12/h8-10H,2-6H2,1H3,(H,13,14)/t8-,9-,10-/m1/s1. The molecule has 0 amide bonds. The minimum Gasteiger partial charge on any atom is -0.463 e. The molecule has 0 aliphatic carbocycles. The number of carbonyl (C=O) groups excluding carboxylic acids is 1. The smallest absolute Gasteiger partial charge is 0.302 e. The fraction of sp³-hybridized carbons (Fsp3) is 0.818. The summed E-state index contributed by atoms with van der Waals surface area (Å²) in [6, 6.07) is 0.224. The topological polar surface area (TPSA) is 59.9 Å². The summed E-state index contributed by atoms with van der Waals surface area (Å²) in [4.78, 5) is 14.8. The number of rotatable bonds is 4. The third-order valence-corrected chi connectivity index (χ3v) is 3.95. The summed E-state index contributed by atoms with van der Waals surface area (Å²) < 4.78 is 22.8. The van der Waals surface area contributed by atoms with Crippen LogP contribution in [0.1, 0.15) is 19.8 Å². The predicted molar refractivity (Wildman–Crippen MR) is 67.3 cm³/mol. The van der Waals surface area contributed by atoms with Gasteiger partial charge in [0.1, 0.15) is 18.7 Å². The van der Waals surface area contributed by atoms with Crippen molar-refractivity contribution in [3.05, 3.63) is 0 Å². The maximum atomic E-state index is 12.0. The molecular weight excluding hydrogens is 259 g/mol. The average molecular weight is 276 g/mol. The van der Waals surface area contributed by atoms with E-state index in [-0.39, 0.29) is 30.1 Å². The van der Waals surface area contributed by atoms with Crippen molar-refractivity contribution in [1.29, 1.82) is 0 Å². The second-order valence-corrected chi connectivity index (χ2v) is 5.34. The van der Waals surface area contributed by atoms with Crippen molar-refractivity contribution in [3.63, 3.8) is 0 Å². The molecule has 0 radical (unpaired) electrons. The summed E-state index contributed by atoms with van der Waals surface area (Å²) in [5.74, 6) is -0.289. The molecule has 5 nitrogen and oxygen atoms in total. The van der Waals surface area contributed by atoms with Crippen LogP contribution in [-0.4, -0.2) is 48.5 Å². The van der Waals surface area contributed by atoms with Crippen molar-refractivity contribution < 1.29 is 18.7 Å². The van der Waals surface area contributed by atoms with Gasteiger partial charge >= 0.3 is 5.97 Å². The van der Waals surface area contributed by atoms with Crippen LogP contribution in [0.25, 0.3) is 0 Å². The molecule has 102 valence electrons. The molecule has 2 heterocycles. The lowest BCUT2D eigenvalue weighted by molar-refractivity contribution is -0.147. The zero-order valence-corrected chi connectivity index (χ0v) is 11.0. The lowest BCUT2D eigenvalue weighted by Crippen LogP contribution is -2.41. The molecule has 0 bridgehead atoms. The Bertz CT molecular complexity index is 340. The van der Waals surface area contributed by atoms with Crippen LogP contribution in [0.3, 0.4) is 0 Å². The zero-order valence-electron chi connectivity index (χ0n) is 10.2. The molecule has 2 fully saturated rings. The highest BCUT2D eigenvalue weighted by molar-refractivity contribution is 8.14. The molecule has 0 aromatic rings. The van der Waals surface area contributed by atoms with E-state index in [9.17, 15) is 9.18 Å². The third-order valence-electron chi connectivity index (χ3n) is 2.80. The molecule has 2 saturated heterocycles. The van der Waals surface area contributed by atoms with E-state index in [0.717, 1.165) is 18.0 Å². The molecule has 0 aromatic carbocycles. The van der Waals surface area contributed by atoms with E-state index in [0.29, 0.717) is 6.61 Å². The summed E-state index contributed by atoms with van der Waals surface area (Å²) >= 11 is 1.48. The number of thioether (sulfide) groups is 1. The van der Waals surface area contributed by atoms with Gasteiger partial charge in [-0.15, -0.1) is 0 Å². The van der Waals surface area contributed by atoms with Crippen LogP contribution >= 0.6 is 11.8 Å². The Morgan fingerprint density at radius 3 is 3.22 bits per heavy atom. The number of aliphatic imine (C=N–C) groups is 1. The summed E-state index contributed by atoms with van der Waals surface area (Å²) in [5.41, 5.74) is -0.0160. The van der Waals surface area contributed by atoms with Crippen LogP contribution in [0, 0.1) is 0 Å². The second-order valence-electron chi connectivity index (χ2n) is 4.25. The first kappa shape index (κ1) is 13.6. The first-order valence-corrected chi connectivity index (χ1v) is 6.89. The molecule has 3 atom stereocenters. The van der Waals surface area contributed by atoms with Crippen LogP contribution in [0.2, 0.25) is 0 Å². The van der Waals surface area contributed by atoms with Crippen molar-refractivity contribution in [3.8, 4) is 0 Å². The van der Waals surface area contributed by atoms with Gasteiger partial charge in [-0.05, 0) is 12.8 Å². The van der Waals surface area contributed by atoms with Gasteiger partial charge in [0.15, 0.2) is 5.17 Å². The van der Waals surface area contributed by atoms with Crippen LogP contribution in [0.4, 0.5) is 4.39 Å². The number of esters is 1. The summed E-state index contributed by atoms with van der Waals surface area (Å²) in [5, 5.41) is 3.97. The minimum absolute atomic E-state index is 0.0160. The normalized spacial score (nSPS) is 33.0. The number of ether oxygens (including phenoxy) is 2. The van der Waals surface area contributed by atoms with Crippen molar-refractivity contribution >= 4 is 22.9 Å². The molecule has 0 aromatic heterocycles. The van der Waals surface area contributed by atoms with Gasteiger partial charge in [-0.1, -0.05) is 11.8 Å². The lowest BCUT2D eigenvalue weighted by Gasteiger charge is -2.30. The number of nitrogens with zero attached hydrogens (tertiary/aromatic N) is 1. The zero-order chi connectivity index (χ0) is 13.0. The van der Waals surface area contributed by atoms with Crippen molar-refractivity contribution in [1.82, 2.24) is 5.32 Å². The van der Waals surface area contributed by atoms with E-state index in [4.69, 9.17) is 9.47 Å². The van der Waals surface area contributed by atoms with Crippen molar-refractivity contribution in [2.24, 2.45) is 4.99 Å². The maximum absolute atomic E-state index is 12.0. The number of halogens is 1. The van der Waals surface area contributed by atoms with E-state index >= 15 is 0 Å². The average Bonchev–Trinajstić information content (AvgIpc) is 2.75. The summed E-state index contributed by atoms with van der Waals surface area (Å²) in [6.07, 6.45) is 1.74. The molecule has 7 heteroatoms. The van der Waals surface area contributed by atoms with E-state index in [1.54, 1.807) is 0 Å². The van der Waals surface area contributed by atoms with Crippen molar-refractivity contribution in [2.75, 3.05) is 19.8 Å². The third kappa shape index (κ3) is 3.58. The fourth-order valence-corrected chi connectivity index (χ4v) is 3.15. The Morgan fingerprint density at radius 1 is 1.67 bits per heavy atom. The highest BCUT2D eigenvalue weighted by Gasteiger charge is 2.38. The minimum atomic E-state index is -0.447. The van der Waals surface area contributed by atoms with Gasteiger partial charge in [-0.25, -0.2) is 4.39 Å². The largest absolute Gasteiger partial charge is 0.463 e. The molecule has 2 aliphatic rings. The molecule has 0 spiro atoms. The van der Waals surface area contributed by atoms with E-state index in [1.165, 1.54) is 18.7 Å². The Kier molecular flexibility index (Phi) is 4.82. The van der Waals surface area contributed by atoms with Gasteiger partial charge in [0.2, 0.25) is 0 Å². The highest BCUT2D eigenvalue weighted by Crippen LogP contribution is 2.33. The quantitative estimate of drug-likeness (QED) is 0.779. The van der Waals surface area contributed by atoms with Gasteiger partial charge in [0.05, 0.1) is 18.7 Å². The molecule has 2 rings (SSSR count). The molecule has 0 unspecified atom stereocenters. The predicted octanol–water partition coefficient (Wildman–Crippen LogP) is 1.09. The SMILES string of the molecule is CC(=O)OC[C@H]1CC[C@H]2NC(=NCCF)S[C@H]2O1. The first-order valence-electron chi connectivity index (χ1n) is 6.01. The maximum Gasteiger partial charge on any atom is 0.302 e. The Labute approximate surface area is 109 Å². The van der Waals surface area contributed by atoms with E-state index < -0.39 is 6.67 Å². The number of carbonyl (C=O) groups is 1. The molecular formula is C11H17FN2O3S. The van der Waals surface area contributed by atoms with Crippen LogP contribution in [0.5, 0.6) is 0 Å². The van der Waals surface area contributed by atoms with Crippen LogP contribution in [-0.2, 0) is 14.3 Å². The van der Waals surface area contributed by atoms with E-state index in [1.807, 2.05) is 0 Å². The number of hydrogen-bond donors (Lipinski definition) is 1. The second kappa shape index (κ2) is 6.38. The Hall–Kier alpha value is -0.820. The molecule has 1 N–H and O–H groups in total. The van der Waals surface area contributed by atoms with Crippen LogP contribution in [0.15, 0.2) is 4.99 Å². The van der Waals surface area contributed by atoms with Gasteiger partial charge in [0.25, 0.3) is 0 Å². The molecule has 18 heavy (non-hydrogen) atoms. The Balaban J connectivity index is 1.81. The highest BCUT2D eigenvalue weighted by atomic mass is 32.2. The molecule has 0 saturated carbocycles. The van der Waals surface area contributed by atoms with Gasteiger partial charge in [0, 0.05) is 6.92 Å². The number of fused-ring (bicyclic) bond motifs is 1. The first-order chi connectivity index (χ1) is 8.69. The van der Waals surface area contributed by atoms with Crippen molar-refractivity contribution in [2.45, 2.75) is 37.3 Å². The Morgan fingerprint density at radius 2 is 2.50 bits per heavy atom. The summed E-state index contributed by atoms with van der Waals surface area (Å²) in [6.45, 7) is 1.43. The molecule has 2 aliphatic heterocycles. The number of nitrogens with one attached hydrogen (secondary N) is 1. The van der Waals surface area contributed by atoms with Gasteiger partial charge in [-0.2, -0.15) is 0 Å². The van der Waals surface area contributed by atoms with Gasteiger partial charge in [-0.3, -0.25) is 9.79 Å².